The van der Waals surface area contributed by atoms with E-state index in [1.807, 2.05) is 0 Å². The molecule has 2 aromatic rings. The number of carboxylic acids is 1. The summed E-state index contributed by atoms with van der Waals surface area (Å²) in [5.74, 6) is -1.21. The summed E-state index contributed by atoms with van der Waals surface area (Å²) in [7, 11) is 1.62. The van der Waals surface area contributed by atoms with Gasteiger partial charge in [0.1, 0.15) is 0 Å². The summed E-state index contributed by atoms with van der Waals surface area (Å²) >= 11 is 5.83. The minimum absolute atomic E-state index is 0.0577. The Morgan fingerprint density at radius 1 is 1.27 bits per heavy atom. The standard InChI is InChI=1S/C15H13ClN2O4/c1-17-12-4-2-3-9(12)13(19)18(15(17)22)8-5-6-11(16)10(7-8)14(20)21/h5-7H,2-4H2,1H3,(H,20,21). The van der Waals surface area contributed by atoms with Crippen LogP contribution in [-0.2, 0) is 19.9 Å². The fourth-order valence-corrected chi connectivity index (χ4v) is 3.06. The number of fused-ring (bicyclic) bond motifs is 1. The fourth-order valence-electron chi connectivity index (χ4n) is 2.86. The van der Waals surface area contributed by atoms with Crippen molar-refractivity contribution >= 4 is 17.6 Å². The van der Waals surface area contributed by atoms with E-state index in [1.54, 1.807) is 7.05 Å². The van der Waals surface area contributed by atoms with Gasteiger partial charge in [-0.25, -0.2) is 14.2 Å². The molecule has 0 aliphatic heterocycles. The Bertz CT molecular complexity index is 911. The zero-order valence-electron chi connectivity index (χ0n) is 11.8. The Morgan fingerprint density at radius 3 is 2.68 bits per heavy atom. The number of hydrogen-bond donors (Lipinski definition) is 1. The molecule has 0 saturated carbocycles. The molecule has 7 heteroatoms. The molecule has 0 radical (unpaired) electrons. The number of aromatic carboxylic acids is 1. The largest absolute Gasteiger partial charge is 0.478 e. The van der Waals surface area contributed by atoms with E-state index in [4.69, 9.17) is 16.7 Å². The van der Waals surface area contributed by atoms with Crippen molar-refractivity contribution in [2.45, 2.75) is 19.3 Å². The van der Waals surface area contributed by atoms with Crippen LogP contribution in [0.5, 0.6) is 0 Å². The lowest BCUT2D eigenvalue weighted by Crippen LogP contribution is -2.40. The number of rotatable bonds is 2. The van der Waals surface area contributed by atoms with E-state index in [0.717, 1.165) is 16.7 Å². The molecule has 0 amide bonds. The zero-order chi connectivity index (χ0) is 16.0. The van der Waals surface area contributed by atoms with Gasteiger partial charge in [0, 0.05) is 18.3 Å². The maximum atomic E-state index is 12.6. The highest BCUT2D eigenvalue weighted by Crippen LogP contribution is 2.20. The van der Waals surface area contributed by atoms with Gasteiger partial charge in [-0.3, -0.25) is 4.79 Å². The van der Waals surface area contributed by atoms with E-state index in [2.05, 4.69) is 0 Å². The molecule has 1 N–H and O–H groups in total. The second kappa shape index (κ2) is 5.14. The number of carboxylic acid groups (broad SMARTS) is 1. The molecule has 0 fully saturated rings. The van der Waals surface area contributed by atoms with Gasteiger partial charge in [-0.1, -0.05) is 11.6 Å². The van der Waals surface area contributed by atoms with E-state index < -0.39 is 11.7 Å². The fraction of sp³-hybridized carbons (Fsp3) is 0.267. The molecule has 0 spiro atoms. The van der Waals surface area contributed by atoms with Crippen molar-refractivity contribution < 1.29 is 9.90 Å². The molecular weight excluding hydrogens is 308 g/mol. The van der Waals surface area contributed by atoms with Crippen LogP contribution in [0.3, 0.4) is 0 Å². The van der Waals surface area contributed by atoms with E-state index in [1.165, 1.54) is 22.8 Å². The molecule has 1 aliphatic rings. The molecule has 3 rings (SSSR count). The lowest BCUT2D eigenvalue weighted by molar-refractivity contribution is 0.0697. The first-order valence-electron chi connectivity index (χ1n) is 6.79. The van der Waals surface area contributed by atoms with Crippen LogP contribution >= 0.6 is 11.6 Å². The number of halogens is 1. The Hall–Kier alpha value is -2.34. The van der Waals surface area contributed by atoms with Crippen molar-refractivity contribution in [1.29, 1.82) is 0 Å². The first-order chi connectivity index (χ1) is 10.4. The molecule has 0 bridgehead atoms. The number of benzene rings is 1. The van der Waals surface area contributed by atoms with E-state index in [-0.39, 0.29) is 21.8 Å². The third kappa shape index (κ3) is 2.07. The zero-order valence-corrected chi connectivity index (χ0v) is 12.6. The van der Waals surface area contributed by atoms with Crippen LogP contribution in [0.25, 0.3) is 5.69 Å². The Balaban J connectivity index is 2.33. The van der Waals surface area contributed by atoms with Gasteiger partial charge < -0.3 is 9.67 Å². The molecule has 6 nitrogen and oxygen atoms in total. The van der Waals surface area contributed by atoms with Gasteiger partial charge in [-0.15, -0.1) is 0 Å². The molecule has 0 saturated heterocycles. The van der Waals surface area contributed by atoms with E-state index >= 15 is 0 Å². The summed E-state index contributed by atoms with van der Waals surface area (Å²) < 4.78 is 2.46. The molecule has 1 aromatic heterocycles. The monoisotopic (exact) mass is 320 g/mol. The summed E-state index contributed by atoms with van der Waals surface area (Å²) in [6, 6.07) is 4.09. The average Bonchev–Trinajstić information content (AvgIpc) is 2.96. The van der Waals surface area contributed by atoms with Crippen LogP contribution in [0.15, 0.2) is 27.8 Å². The molecule has 0 atom stereocenters. The lowest BCUT2D eigenvalue weighted by atomic mass is 10.2. The molecule has 1 aliphatic carbocycles. The molecule has 22 heavy (non-hydrogen) atoms. The Kier molecular flexibility index (Phi) is 3.41. The summed E-state index contributed by atoms with van der Waals surface area (Å²) in [5.41, 5.74) is 0.585. The summed E-state index contributed by atoms with van der Waals surface area (Å²) in [4.78, 5) is 36.2. The first-order valence-corrected chi connectivity index (χ1v) is 7.16. The van der Waals surface area contributed by atoms with Crippen LogP contribution in [0.4, 0.5) is 0 Å². The molecular formula is C15H13ClN2O4. The number of hydrogen-bond acceptors (Lipinski definition) is 3. The van der Waals surface area contributed by atoms with Gasteiger partial charge in [0.15, 0.2) is 0 Å². The second-order valence-electron chi connectivity index (χ2n) is 5.23. The highest BCUT2D eigenvalue weighted by atomic mass is 35.5. The first kappa shape index (κ1) is 14.6. The summed E-state index contributed by atoms with van der Waals surface area (Å²) in [5, 5.41) is 9.19. The maximum absolute atomic E-state index is 12.6. The van der Waals surface area contributed by atoms with Gasteiger partial charge >= 0.3 is 11.7 Å². The smallest absolute Gasteiger partial charge is 0.337 e. The van der Waals surface area contributed by atoms with Crippen molar-refractivity contribution in [3.05, 3.63) is 60.9 Å². The number of aromatic nitrogens is 2. The predicted octanol–water partition coefficient (Wildman–Crippen LogP) is 1.38. The van der Waals surface area contributed by atoms with Gasteiger partial charge in [0.2, 0.25) is 0 Å². The average molecular weight is 321 g/mol. The SMILES string of the molecule is Cn1c2c(c(=O)n(-c3ccc(Cl)c(C(=O)O)c3)c1=O)CCC2. The van der Waals surface area contributed by atoms with Crippen LogP contribution in [0.2, 0.25) is 5.02 Å². The highest BCUT2D eigenvalue weighted by molar-refractivity contribution is 6.33. The van der Waals surface area contributed by atoms with Gasteiger partial charge in [0.25, 0.3) is 5.56 Å². The third-order valence-electron chi connectivity index (χ3n) is 3.97. The molecule has 0 unspecified atom stereocenters. The third-order valence-corrected chi connectivity index (χ3v) is 4.30. The van der Waals surface area contributed by atoms with Crippen LogP contribution in [0, 0.1) is 0 Å². The van der Waals surface area contributed by atoms with Gasteiger partial charge in [-0.05, 0) is 37.5 Å². The van der Waals surface area contributed by atoms with Gasteiger partial charge in [0.05, 0.1) is 16.3 Å². The minimum atomic E-state index is -1.21. The van der Waals surface area contributed by atoms with Gasteiger partial charge in [-0.2, -0.15) is 0 Å². The van der Waals surface area contributed by atoms with Crippen LogP contribution < -0.4 is 11.2 Å². The van der Waals surface area contributed by atoms with Crippen molar-refractivity contribution in [3.8, 4) is 5.69 Å². The number of carbonyl (C=O) groups is 1. The van der Waals surface area contributed by atoms with Crippen molar-refractivity contribution in [3.63, 3.8) is 0 Å². The predicted molar refractivity (Wildman–Crippen MR) is 81.3 cm³/mol. The Morgan fingerprint density at radius 2 is 2.00 bits per heavy atom. The molecule has 1 aromatic carbocycles. The summed E-state index contributed by atoms with van der Waals surface area (Å²) in [6.45, 7) is 0. The maximum Gasteiger partial charge on any atom is 0.337 e. The topological polar surface area (TPSA) is 81.3 Å². The van der Waals surface area contributed by atoms with Crippen LogP contribution in [-0.4, -0.2) is 20.2 Å². The quantitative estimate of drug-likeness (QED) is 0.906. The molecule has 1 heterocycles. The highest BCUT2D eigenvalue weighted by Gasteiger charge is 2.22. The van der Waals surface area contributed by atoms with Crippen molar-refractivity contribution in [1.82, 2.24) is 9.13 Å². The second-order valence-corrected chi connectivity index (χ2v) is 5.64. The Labute approximate surface area is 130 Å². The minimum Gasteiger partial charge on any atom is -0.478 e. The normalized spacial score (nSPS) is 13.2. The lowest BCUT2D eigenvalue weighted by Gasteiger charge is -2.12. The van der Waals surface area contributed by atoms with E-state index in [0.29, 0.717) is 18.4 Å². The van der Waals surface area contributed by atoms with Crippen molar-refractivity contribution in [2.75, 3.05) is 0 Å². The number of nitrogens with zero attached hydrogens (tertiary/aromatic N) is 2. The van der Waals surface area contributed by atoms with Crippen LogP contribution in [0.1, 0.15) is 28.0 Å². The van der Waals surface area contributed by atoms with Crippen molar-refractivity contribution in [2.24, 2.45) is 7.05 Å². The molecule has 114 valence electrons. The van der Waals surface area contributed by atoms with E-state index in [9.17, 15) is 14.4 Å². The summed E-state index contributed by atoms with van der Waals surface area (Å²) in [6.07, 6.45) is 2.17.